The summed E-state index contributed by atoms with van der Waals surface area (Å²) in [5.74, 6) is -1.67. The first kappa shape index (κ1) is 21.8. The highest BCUT2D eigenvalue weighted by atomic mass is 35.5. The van der Waals surface area contributed by atoms with Crippen molar-refractivity contribution in [1.29, 1.82) is 0 Å². The van der Waals surface area contributed by atoms with Gasteiger partial charge < -0.3 is 15.8 Å². The Bertz CT molecular complexity index is 1030. The van der Waals surface area contributed by atoms with E-state index >= 15 is 0 Å². The predicted molar refractivity (Wildman–Crippen MR) is 101 cm³/mol. The molecule has 3 heterocycles. The fourth-order valence-electron chi connectivity index (χ4n) is 3.08. The number of nitrogens with one attached hydrogen (secondary N) is 1. The number of amides is 1. The minimum Gasteiger partial charge on any atom is -0.452 e. The molecule has 12 heteroatoms. The number of nitrogens with zero attached hydrogens (tertiary/aromatic N) is 3. The van der Waals surface area contributed by atoms with E-state index in [9.17, 15) is 22.4 Å². The first-order valence-electron chi connectivity index (χ1n) is 8.57. The lowest BCUT2D eigenvalue weighted by atomic mass is 9.86. The van der Waals surface area contributed by atoms with Gasteiger partial charge in [-0.15, -0.1) is 0 Å². The van der Waals surface area contributed by atoms with Crippen LogP contribution < -0.4 is 11.1 Å². The number of halogens is 5. The van der Waals surface area contributed by atoms with Crippen molar-refractivity contribution >= 4 is 29.2 Å². The maximum atomic E-state index is 14.4. The molecule has 3 rings (SSSR count). The number of nitrogens with two attached hydrogens (primary N) is 1. The number of carbonyl (C=O) groups is 1. The molecule has 0 aromatic carbocycles. The molecule has 0 fully saturated rings. The number of pyridine rings is 2. The molecule has 0 saturated carbocycles. The van der Waals surface area contributed by atoms with Crippen molar-refractivity contribution < 1.29 is 27.1 Å². The second kappa shape index (κ2) is 7.71. The van der Waals surface area contributed by atoms with Crippen molar-refractivity contribution in [3.8, 4) is 0 Å². The van der Waals surface area contributed by atoms with Crippen LogP contribution in [-0.2, 0) is 10.3 Å². The Hall–Kier alpha value is -2.95. The van der Waals surface area contributed by atoms with Gasteiger partial charge in [0.05, 0.1) is 22.4 Å². The Kier molecular flexibility index (Phi) is 5.59. The lowest BCUT2D eigenvalue weighted by Gasteiger charge is -2.35. The molecule has 1 aliphatic rings. The van der Waals surface area contributed by atoms with Crippen molar-refractivity contribution in [2.45, 2.75) is 38.1 Å². The van der Waals surface area contributed by atoms with E-state index in [0.29, 0.717) is 10.6 Å². The summed E-state index contributed by atoms with van der Waals surface area (Å²) in [6, 6.07) is 1.97. The van der Waals surface area contributed by atoms with Crippen LogP contribution in [0.15, 0.2) is 29.5 Å². The maximum absolute atomic E-state index is 14.4. The Balaban J connectivity index is 1.93. The fourth-order valence-corrected chi connectivity index (χ4v) is 3.29. The SMILES string of the molecule is Cc1cc(Cl)cnc1C(=O)Nc1cnc(F)c([C@@]2(C)C[C@@H](C(F)(F)F)OC(N)=N2)c1. The summed E-state index contributed by atoms with van der Waals surface area (Å²) in [6.07, 6.45) is -5.40. The largest absolute Gasteiger partial charge is 0.452 e. The molecule has 0 radical (unpaired) electrons. The van der Waals surface area contributed by atoms with Crippen LogP contribution in [0.1, 0.15) is 35.0 Å². The van der Waals surface area contributed by atoms with E-state index in [-0.39, 0.29) is 16.9 Å². The van der Waals surface area contributed by atoms with Crippen LogP contribution >= 0.6 is 11.6 Å². The van der Waals surface area contributed by atoms with Crippen molar-refractivity contribution in [2.24, 2.45) is 10.7 Å². The average molecular weight is 446 g/mol. The van der Waals surface area contributed by atoms with Gasteiger partial charge in [0.1, 0.15) is 5.69 Å². The molecule has 2 aromatic rings. The van der Waals surface area contributed by atoms with Gasteiger partial charge in [-0.3, -0.25) is 4.79 Å². The van der Waals surface area contributed by atoms with E-state index in [2.05, 4.69) is 25.0 Å². The number of carbonyl (C=O) groups excluding carboxylic acids is 1. The van der Waals surface area contributed by atoms with Crippen molar-refractivity contribution in [3.63, 3.8) is 0 Å². The zero-order chi connectivity index (χ0) is 22.3. The minimum atomic E-state index is -4.73. The van der Waals surface area contributed by atoms with E-state index < -0.39 is 42.1 Å². The van der Waals surface area contributed by atoms with Gasteiger partial charge in [-0.05, 0) is 31.5 Å². The number of aliphatic imine (C=N–C) groups is 1. The molecule has 0 spiro atoms. The number of anilines is 1. The summed E-state index contributed by atoms with van der Waals surface area (Å²) in [6.45, 7) is 2.90. The van der Waals surface area contributed by atoms with Gasteiger partial charge in [-0.1, -0.05) is 11.6 Å². The molecular formula is C18H16ClF4N5O2. The highest BCUT2D eigenvalue weighted by Gasteiger charge is 2.50. The average Bonchev–Trinajstić information content (AvgIpc) is 2.61. The molecular weight excluding hydrogens is 430 g/mol. The van der Waals surface area contributed by atoms with E-state index in [1.807, 2.05) is 0 Å². The Morgan fingerprint density at radius 1 is 1.33 bits per heavy atom. The van der Waals surface area contributed by atoms with Gasteiger partial charge in [0.2, 0.25) is 5.95 Å². The summed E-state index contributed by atoms with van der Waals surface area (Å²) < 4.78 is 58.5. The minimum absolute atomic E-state index is 0.0394. The third-order valence-corrected chi connectivity index (χ3v) is 4.71. The van der Waals surface area contributed by atoms with E-state index in [1.165, 1.54) is 19.2 Å². The summed E-state index contributed by atoms with van der Waals surface area (Å²) in [5.41, 5.74) is 4.02. The standard InChI is InChI=1S/C18H16ClF4N5O2/c1-8-3-9(19)6-25-13(8)15(29)27-10-4-11(14(20)26-7-10)17(2)5-12(18(21,22)23)30-16(24)28-17/h3-4,6-7,12H,5H2,1-2H3,(H2,24,28)(H,27,29)/t12-,17+/m0/s1. The highest BCUT2D eigenvalue weighted by molar-refractivity contribution is 6.30. The van der Waals surface area contributed by atoms with Crippen LogP contribution in [0.3, 0.4) is 0 Å². The number of hydrogen-bond donors (Lipinski definition) is 2. The third-order valence-electron chi connectivity index (χ3n) is 4.51. The zero-order valence-electron chi connectivity index (χ0n) is 15.7. The molecule has 3 N–H and O–H groups in total. The van der Waals surface area contributed by atoms with Gasteiger partial charge in [-0.2, -0.15) is 17.6 Å². The van der Waals surface area contributed by atoms with Crippen molar-refractivity contribution in [2.75, 3.05) is 5.32 Å². The molecule has 2 atom stereocenters. The van der Waals surface area contributed by atoms with E-state index in [0.717, 1.165) is 12.3 Å². The molecule has 2 aromatic heterocycles. The van der Waals surface area contributed by atoms with Crippen LogP contribution in [0.4, 0.5) is 23.2 Å². The van der Waals surface area contributed by atoms with Gasteiger partial charge in [-0.25, -0.2) is 15.0 Å². The summed E-state index contributed by atoms with van der Waals surface area (Å²) >= 11 is 5.82. The molecule has 0 saturated heterocycles. The van der Waals surface area contributed by atoms with Crippen LogP contribution in [-0.4, -0.2) is 34.2 Å². The van der Waals surface area contributed by atoms with E-state index in [1.54, 1.807) is 6.92 Å². The highest BCUT2D eigenvalue weighted by Crippen LogP contribution is 2.41. The van der Waals surface area contributed by atoms with Gasteiger partial charge in [0.15, 0.2) is 6.10 Å². The predicted octanol–water partition coefficient (Wildman–Crippen LogP) is 3.71. The zero-order valence-corrected chi connectivity index (χ0v) is 16.5. The molecule has 1 amide bonds. The topological polar surface area (TPSA) is 102 Å². The van der Waals surface area contributed by atoms with Crippen LogP contribution in [0.5, 0.6) is 0 Å². The van der Waals surface area contributed by atoms with Gasteiger partial charge >= 0.3 is 6.18 Å². The number of aryl methyl sites for hydroxylation is 1. The molecule has 7 nitrogen and oxygen atoms in total. The molecule has 0 bridgehead atoms. The lowest BCUT2D eigenvalue weighted by molar-refractivity contribution is -0.208. The van der Waals surface area contributed by atoms with Crippen LogP contribution in [0, 0.1) is 12.9 Å². The molecule has 1 aliphatic heterocycles. The van der Waals surface area contributed by atoms with Crippen molar-refractivity contribution in [1.82, 2.24) is 9.97 Å². The number of alkyl halides is 3. The van der Waals surface area contributed by atoms with Crippen LogP contribution in [0.25, 0.3) is 0 Å². The Morgan fingerprint density at radius 3 is 2.67 bits per heavy atom. The second-order valence-corrected chi connectivity index (χ2v) is 7.35. The normalized spacial score (nSPS) is 21.6. The van der Waals surface area contributed by atoms with Crippen LogP contribution in [0.2, 0.25) is 5.02 Å². The summed E-state index contributed by atoms with van der Waals surface area (Å²) in [5, 5.41) is 2.83. The third kappa shape index (κ3) is 4.45. The van der Waals surface area contributed by atoms with Gasteiger partial charge in [0.25, 0.3) is 11.9 Å². The number of hydrogen-bond acceptors (Lipinski definition) is 6. The monoisotopic (exact) mass is 445 g/mol. The van der Waals surface area contributed by atoms with E-state index in [4.69, 9.17) is 17.3 Å². The molecule has 0 aliphatic carbocycles. The second-order valence-electron chi connectivity index (χ2n) is 6.91. The first-order chi connectivity index (χ1) is 13.9. The fraction of sp³-hybridized carbons (Fsp3) is 0.333. The Morgan fingerprint density at radius 2 is 2.03 bits per heavy atom. The van der Waals surface area contributed by atoms with Crippen molar-refractivity contribution in [3.05, 3.63) is 52.3 Å². The number of aromatic nitrogens is 2. The molecule has 30 heavy (non-hydrogen) atoms. The summed E-state index contributed by atoms with van der Waals surface area (Å²) in [4.78, 5) is 23.8. The number of amidine groups is 1. The lowest BCUT2D eigenvalue weighted by Crippen LogP contribution is -2.46. The Labute approximate surface area is 173 Å². The first-order valence-corrected chi connectivity index (χ1v) is 8.95. The quantitative estimate of drug-likeness (QED) is 0.554. The molecule has 0 unspecified atom stereocenters. The molecule has 160 valence electrons. The number of rotatable bonds is 3. The maximum Gasteiger partial charge on any atom is 0.425 e. The summed E-state index contributed by atoms with van der Waals surface area (Å²) in [7, 11) is 0. The number of ether oxygens (including phenoxy) is 1. The smallest absolute Gasteiger partial charge is 0.425 e. The van der Waals surface area contributed by atoms with Gasteiger partial charge in [0, 0.05) is 18.2 Å².